The number of aromatic nitrogens is 1. The lowest BCUT2D eigenvalue weighted by Crippen LogP contribution is -2.17. The maximum atomic E-state index is 10.7. The first-order valence-electron chi connectivity index (χ1n) is 5.11. The van der Waals surface area contributed by atoms with Crippen LogP contribution < -0.4 is 4.74 Å². The molecule has 17 heavy (non-hydrogen) atoms. The summed E-state index contributed by atoms with van der Waals surface area (Å²) in [6.45, 7) is 1.05. The molecule has 0 aliphatic carbocycles. The van der Waals surface area contributed by atoms with E-state index in [0.29, 0.717) is 6.61 Å². The SMILES string of the molecule is O=[N+]([O-])c1cccnc1OC[C@@H]1CCCO1.S. The van der Waals surface area contributed by atoms with Crippen LogP contribution in [0.3, 0.4) is 0 Å². The summed E-state index contributed by atoms with van der Waals surface area (Å²) in [6, 6.07) is 2.88. The Morgan fingerprint density at radius 1 is 1.65 bits per heavy atom. The molecule has 1 atom stereocenters. The second kappa shape index (κ2) is 6.41. The van der Waals surface area contributed by atoms with Crippen LogP contribution in [-0.4, -0.2) is 29.2 Å². The minimum atomic E-state index is -0.502. The lowest BCUT2D eigenvalue weighted by molar-refractivity contribution is -0.386. The Labute approximate surface area is 106 Å². The van der Waals surface area contributed by atoms with Crippen LogP contribution in [0, 0.1) is 10.1 Å². The van der Waals surface area contributed by atoms with Crippen molar-refractivity contribution < 1.29 is 14.4 Å². The molecule has 0 unspecified atom stereocenters. The number of pyridine rings is 1. The first-order valence-corrected chi connectivity index (χ1v) is 5.11. The molecule has 0 saturated carbocycles. The first-order chi connectivity index (χ1) is 7.77. The topological polar surface area (TPSA) is 74.5 Å². The quantitative estimate of drug-likeness (QED) is 0.606. The van der Waals surface area contributed by atoms with Crippen LogP contribution in [0.1, 0.15) is 12.8 Å². The molecule has 1 saturated heterocycles. The van der Waals surface area contributed by atoms with E-state index in [2.05, 4.69) is 4.98 Å². The van der Waals surface area contributed by atoms with Crippen molar-refractivity contribution in [3.05, 3.63) is 28.4 Å². The van der Waals surface area contributed by atoms with E-state index in [-0.39, 0.29) is 31.2 Å². The molecule has 2 heterocycles. The third-order valence-electron chi connectivity index (χ3n) is 2.38. The summed E-state index contributed by atoms with van der Waals surface area (Å²) < 4.78 is 10.7. The molecule has 94 valence electrons. The maximum Gasteiger partial charge on any atom is 0.330 e. The Hall–Kier alpha value is -1.34. The highest BCUT2D eigenvalue weighted by Crippen LogP contribution is 2.23. The van der Waals surface area contributed by atoms with Crippen LogP contribution in [0.25, 0.3) is 0 Å². The van der Waals surface area contributed by atoms with Crippen molar-refractivity contribution in [2.45, 2.75) is 18.9 Å². The fraction of sp³-hybridized carbons (Fsp3) is 0.500. The fourth-order valence-electron chi connectivity index (χ4n) is 1.58. The van der Waals surface area contributed by atoms with Crippen LogP contribution in [0.4, 0.5) is 5.69 Å². The van der Waals surface area contributed by atoms with Gasteiger partial charge in [-0.1, -0.05) is 0 Å². The van der Waals surface area contributed by atoms with Crippen molar-refractivity contribution in [3.63, 3.8) is 0 Å². The Kier molecular flexibility index (Phi) is 5.17. The molecule has 0 spiro atoms. The summed E-state index contributed by atoms with van der Waals surface area (Å²) >= 11 is 0. The summed E-state index contributed by atoms with van der Waals surface area (Å²) in [4.78, 5) is 14.0. The Morgan fingerprint density at radius 2 is 2.47 bits per heavy atom. The molecule has 6 nitrogen and oxygen atoms in total. The van der Waals surface area contributed by atoms with Gasteiger partial charge in [-0.05, 0) is 18.9 Å². The van der Waals surface area contributed by atoms with E-state index in [1.165, 1.54) is 18.3 Å². The van der Waals surface area contributed by atoms with Crippen molar-refractivity contribution in [1.29, 1.82) is 0 Å². The zero-order valence-electron chi connectivity index (χ0n) is 9.17. The number of rotatable bonds is 4. The molecule has 1 aromatic heterocycles. The highest BCUT2D eigenvalue weighted by Gasteiger charge is 2.20. The van der Waals surface area contributed by atoms with Gasteiger partial charge in [0.2, 0.25) is 0 Å². The zero-order chi connectivity index (χ0) is 11.4. The van der Waals surface area contributed by atoms with E-state index in [9.17, 15) is 10.1 Å². The summed E-state index contributed by atoms with van der Waals surface area (Å²) in [5.74, 6) is 0.0583. The van der Waals surface area contributed by atoms with Gasteiger partial charge >= 0.3 is 5.69 Å². The Balaban J connectivity index is 0.00000144. The molecular formula is C10H14N2O4S. The largest absolute Gasteiger partial charge is 0.470 e. The molecule has 0 bridgehead atoms. The van der Waals surface area contributed by atoms with Gasteiger partial charge in [-0.25, -0.2) is 4.98 Å². The molecule has 0 radical (unpaired) electrons. The van der Waals surface area contributed by atoms with E-state index in [0.717, 1.165) is 19.4 Å². The third-order valence-corrected chi connectivity index (χ3v) is 2.38. The normalized spacial score (nSPS) is 18.5. The second-order valence-corrected chi connectivity index (χ2v) is 3.53. The monoisotopic (exact) mass is 258 g/mol. The van der Waals surface area contributed by atoms with E-state index >= 15 is 0 Å². The van der Waals surface area contributed by atoms with Crippen LogP contribution in [0.15, 0.2) is 18.3 Å². The molecule has 1 aliphatic heterocycles. The average Bonchev–Trinajstić information content (AvgIpc) is 2.79. The van der Waals surface area contributed by atoms with Crippen LogP contribution >= 0.6 is 13.5 Å². The standard InChI is InChI=1S/C10H12N2O4.H2S/c13-12(14)9-4-1-5-11-10(9)16-7-8-3-2-6-15-8;/h1,4-5,8H,2-3,6-7H2;1H2/t8-;/m0./s1. The predicted molar refractivity (Wildman–Crippen MR) is 65.7 cm³/mol. The lowest BCUT2D eigenvalue weighted by Gasteiger charge is -2.10. The zero-order valence-corrected chi connectivity index (χ0v) is 10.2. The Bertz CT molecular complexity index is 382. The summed E-state index contributed by atoms with van der Waals surface area (Å²) in [5.41, 5.74) is -0.111. The Morgan fingerprint density at radius 3 is 3.12 bits per heavy atom. The average molecular weight is 258 g/mol. The second-order valence-electron chi connectivity index (χ2n) is 3.53. The molecule has 0 aromatic carbocycles. The number of hydrogen-bond donors (Lipinski definition) is 0. The minimum absolute atomic E-state index is 0. The van der Waals surface area contributed by atoms with E-state index in [1.807, 2.05) is 0 Å². The molecule has 7 heteroatoms. The van der Waals surface area contributed by atoms with Gasteiger partial charge in [-0.3, -0.25) is 10.1 Å². The van der Waals surface area contributed by atoms with Crippen molar-refractivity contribution in [1.82, 2.24) is 4.98 Å². The van der Waals surface area contributed by atoms with Gasteiger partial charge in [0.25, 0.3) is 5.88 Å². The van der Waals surface area contributed by atoms with Gasteiger partial charge in [-0.2, -0.15) is 13.5 Å². The van der Waals surface area contributed by atoms with Crippen LogP contribution in [-0.2, 0) is 4.74 Å². The van der Waals surface area contributed by atoms with Gasteiger partial charge in [0.15, 0.2) is 0 Å². The number of ether oxygens (including phenoxy) is 2. The van der Waals surface area contributed by atoms with Crippen LogP contribution in [0.2, 0.25) is 0 Å². The van der Waals surface area contributed by atoms with Crippen LogP contribution in [0.5, 0.6) is 5.88 Å². The fourth-order valence-corrected chi connectivity index (χ4v) is 1.58. The van der Waals surface area contributed by atoms with Gasteiger partial charge in [0.05, 0.1) is 11.0 Å². The minimum Gasteiger partial charge on any atom is -0.470 e. The lowest BCUT2D eigenvalue weighted by atomic mass is 10.2. The highest BCUT2D eigenvalue weighted by atomic mass is 32.1. The molecular weight excluding hydrogens is 244 g/mol. The third kappa shape index (κ3) is 3.57. The van der Waals surface area contributed by atoms with E-state index in [1.54, 1.807) is 0 Å². The van der Waals surface area contributed by atoms with Crippen molar-refractivity contribution in [2.24, 2.45) is 0 Å². The van der Waals surface area contributed by atoms with Crippen molar-refractivity contribution in [2.75, 3.05) is 13.2 Å². The van der Waals surface area contributed by atoms with Crippen molar-refractivity contribution >= 4 is 19.2 Å². The molecule has 0 N–H and O–H groups in total. The first kappa shape index (κ1) is 13.7. The maximum absolute atomic E-state index is 10.7. The highest BCUT2D eigenvalue weighted by molar-refractivity contribution is 7.59. The smallest absolute Gasteiger partial charge is 0.330 e. The molecule has 2 rings (SSSR count). The summed E-state index contributed by atoms with van der Waals surface area (Å²) in [7, 11) is 0. The number of hydrogen-bond acceptors (Lipinski definition) is 5. The molecule has 1 fully saturated rings. The van der Waals surface area contributed by atoms with Gasteiger partial charge in [-0.15, -0.1) is 0 Å². The predicted octanol–water partition coefficient (Wildman–Crippen LogP) is 1.66. The van der Waals surface area contributed by atoms with Gasteiger partial charge in [0.1, 0.15) is 6.61 Å². The molecule has 0 amide bonds. The summed E-state index contributed by atoms with van der Waals surface area (Å²) in [6.07, 6.45) is 3.44. The molecule has 1 aliphatic rings. The number of nitrogens with zero attached hydrogens (tertiary/aromatic N) is 2. The van der Waals surface area contributed by atoms with E-state index in [4.69, 9.17) is 9.47 Å². The van der Waals surface area contributed by atoms with Crippen molar-refractivity contribution in [3.8, 4) is 5.88 Å². The van der Waals surface area contributed by atoms with Gasteiger partial charge in [0, 0.05) is 18.9 Å². The molecule has 1 aromatic rings. The summed E-state index contributed by atoms with van der Waals surface area (Å²) in [5, 5.41) is 10.7. The number of nitro groups is 1. The van der Waals surface area contributed by atoms with E-state index < -0.39 is 4.92 Å². The van der Waals surface area contributed by atoms with Gasteiger partial charge < -0.3 is 9.47 Å².